The van der Waals surface area contributed by atoms with Gasteiger partial charge in [0.25, 0.3) is 7.82 Å². The maximum absolute atomic E-state index is 12.6. The van der Waals surface area contributed by atoms with Gasteiger partial charge in [0, 0.05) is 12.7 Å². The van der Waals surface area contributed by atoms with E-state index in [1.807, 2.05) is 56.7 Å². The van der Waals surface area contributed by atoms with Gasteiger partial charge in [-0.25, -0.2) is 9.59 Å². The lowest BCUT2D eigenvalue weighted by molar-refractivity contribution is -0.870. The van der Waals surface area contributed by atoms with Crippen LogP contribution in [0.2, 0.25) is 0 Å². The molecular formula is C20H28I2NO8P. The molecule has 0 fully saturated rings. The van der Waals surface area contributed by atoms with Crippen LogP contribution in [0.25, 0.3) is 0 Å². The minimum atomic E-state index is -4.74. The number of quaternary nitrogens is 1. The summed E-state index contributed by atoms with van der Waals surface area (Å²) in [6.07, 6.45) is -1.28. The first-order valence-electron chi connectivity index (χ1n) is 9.51. The number of halogens is 2. The summed E-state index contributed by atoms with van der Waals surface area (Å²) in [7, 11) is 0.903. The second kappa shape index (κ2) is 12.8. The number of carbonyl (C=O) groups excluding carboxylic acids is 2. The molecule has 0 bridgehead atoms. The number of hydrogen-bond acceptors (Lipinski definition) is 8. The number of nitrogens with zero attached hydrogens (tertiary/aromatic N) is 1. The van der Waals surface area contributed by atoms with Gasteiger partial charge in [-0.2, -0.15) is 0 Å². The maximum atomic E-state index is 12.6. The second-order valence-electron chi connectivity index (χ2n) is 8.11. The van der Waals surface area contributed by atoms with E-state index in [2.05, 4.69) is 29.2 Å². The van der Waals surface area contributed by atoms with Crippen LogP contribution >= 0.6 is 53.0 Å². The van der Waals surface area contributed by atoms with Crippen molar-refractivity contribution in [3.8, 4) is 0 Å². The normalized spacial score (nSPS) is 14.4. The summed E-state index contributed by atoms with van der Waals surface area (Å²) in [5, 5.41) is 0. The smallest absolute Gasteiger partial charge is 0.339 e. The van der Waals surface area contributed by atoms with Gasteiger partial charge >= 0.3 is 11.9 Å². The Kier molecular flexibility index (Phi) is 11.8. The lowest BCUT2D eigenvalue weighted by Crippen LogP contribution is -2.38. The van der Waals surface area contributed by atoms with Crippen LogP contribution in [0.5, 0.6) is 0 Å². The molecule has 32 heavy (non-hydrogen) atoms. The molecule has 2 atom stereocenters. The molecule has 1 aromatic carbocycles. The molecule has 12 heteroatoms. The van der Waals surface area contributed by atoms with E-state index in [9.17, 15) is 19.0 Å². The van der Waals surface area contributed by atoms with Crippen LogP contribution in [0.4, 0.5) is 0 Å². The number of ether oxygens (including phenoxy) is 2. The number of aryl methyl sites for hydroxylation is 1. The topological polar surface area (TPSA) is 111 Å². The van der Waals surface area contributed by atoms with Gasteiger partial charge in [-0.15, -0.1) is 0 Å². The van der Waals surface area contributed by atoms with Gasteiger partial charge in [0.1, 0.15) is 32.5 Å². The molecule has 2 unspecified atom stereocenters. The number of phosphoric acid groups is 1. The van der Waals surface area contributed by atoms with Crippen molar-refractivity contribution in [1.29, 1.82) is 0 Å². The molecule has 1 aromatic rings. The van der Waals surface area contributed by atoms with E-state index in [1.54, 1.807) is 6.07 Å². The van der Waals surface area contributed by atoms with Gasteiger partial charge in [-0.1, -0.05) is 6.58 Å². The molecule has 0 aliphatic carbocycles. The minimum Gasteiger partial charge on any atom is -0.756 e. The van der Waals surface area contributed by atoms with Crippen LogP contribution in [0.1, 0.15) is 22.8 Å². The van der Waals surface area contributed by atoms with Crippen LogP contribution in [0.3, 0.4) is 0 Å². The van der Waals surface area contributed by atoms with E-state index in [0.717, 1.165) is 9.13 Å². The molecular weight excluding hydrogens is 667 g/mol. The molecule has 9 nitrogen and oxygen atoms in total. The van der Waals surface area contributed by atoms with Crippen molar-refractivity contribution >= 4 is 64.9 Å². The summed E-state index contributed by atoms with van der Waals surface area (Å²) in [5.74, 6) is -1.37. The fraction of sp³-hybridized carbons (Fsp3) is 0.500. The van der Waals surface area contributed by atoms with Gasteiger partial charge in [-0.05, 0) is 76.7 Å². The third-order valence-electron chi connectivity index (χ3n) is 3.83. The largest absolute Gasteiger partial charge is 0.756 e. The molecule has 180 valence electrons. The zero-order valence-corrected chi connectivity index (χ0v) is 23.9. The number of rotatable bonds is 12. The Morgan fingerprint density at radius 2 is 1.78 bits per heavy atom. The predicted molar refractivity (Wildman–Crippen MR) is 134 cm³/mol. The molecule has 0 aliphatic rings. The van der Waals surface area contributed by atoms with E-state index in [0.29, 0.717) is 20.2 Å². The fourth-order valence-electron chi connectivity index (χ4n) is 2.16. The summed E-state index contributed by atoms with van der Waals surface area (Å²) in [6.45, 7) is 6.16. The number of hydrogen-bond donors (Lipinski definition) is 0. The van der Waals surface area contributed by atoms with Crippen LogP contribution < -0.4 is 4.89 Å². The lowest BCUT2D eigenvalue weighted by atomic mass is 10.1. The minimum absolute atomic E-state index is 0.0950. The Labute approximate surface area is 215 Å². The average Bonchev–Trinajstić information content (AvgIpc) is 2.64. The van der Waals surface area contributed by atoms with Crippen molar-refractivity contribution in [3.63, 3.8) is 0 Å². The monoisotopic (exact) mass is 695 g/mol. The van der Waals surface area contributed by atoms with Gasteiger partial charge < -0.3 is 27.9 Å². The van der Waals surface area contributed by atoms with Gasteiger partial charge in [0.15, 0.2) is 0 Å². The number of phosphoric ester groups is 1. The molecule has 0 saturated heterocycles. The maximum Gasteiger partial charge on any atom is 0.339 e. The third kappa shape index (κ3) is 11.0. The van der Waals surface area contributed by atoms with E-state index < -0.39 is 39.1 Å². The van der Waals surface area contributed by atoms with Crippen molar-refractivity contribution in [2.75, 3.05) is 47.5 Å². The van der Waals surface area contributed by atoms with Gasteiger partial charge in [-0.3, -0.25) is 4.57 Å². The summed E-state index contributed by atoms with van der Waals surface area (Å²) in [5.41, 5.74) is 1.35. The highest BCUT2D eigenvalue weighted by atomic mass is 127. The Hall–Kier alpha value is -0.570. The molecule has 0 saturated carbocycles. The number of esters is 2. The first-order chi connectivity index (χ1) is 14.6. The van der Waals surface area contributed by atoms with Crippen LogP contribution in [-0.4, -0.2) is 70.0 Å². The molecule has 0 amide bonds. The number of benzene rings is 1. The van der Waals surface area contributed by atoms with E-state index >= 15 is 0 Å². The standard InChI is InChI=1S/C20H28I2NO8P/c1-13(2)19(24)28-11-15(31-32(26,27)30-8-7-23(4,5)6)12-29-20(25)16-9-14(3)10-17(21)18(16)22/h9-10,15H,1,7-8,11-12H2,2-6H3. The highest BCUT2D eigenvalue weighted by Crippen LogP contribution is 2.40. The predicted octanol–water partition coefficient (Wildman–Crippen LogP) is 3.06. The van der Waals surface area contributed by atoms with Crippen LogP contribution in [-0.2, 0) is 27.9 Å². The van der Waals surface area contributed by atoms with Crippen molar-refractivity contribution in [2.45, 2.75) is 20.0 Å². The van der Waals surface area contributed by atoms with Crippen molar-refractivity contribution in [2.24, 2.45) is 0 Å². The number of likely N-dealkylation sites (N-methyl/N-ethyl adjacent to an activating group) is 1. The first-order valence-corrected chi connectivity index (χ1v) is 13.1. The quantitative estimate of drug-likeness (QED) is 0.108. The van der Waals surface area contributed by atoms with E-state index in [-0.39, 0.29) is 12.2 Å². The highest BCUT2D eigenvalue weighted by Gasteiger charge is 2.24. The summed E-state index contributed by atoms with van der Waals surface area (Å²) < 4.78 is 34.5. The average molecular weight is 695 g/mol. The SMILES string of the molecule is C=C(C)C(=O)OCC(COC(=O)c1cc(C)cc(I)c1I)OP(=O)([O-])OCC[N+](C)(C)C. The molecule has 0 spiro atoms. The van der Waals surface area contributed by atoms with Crippen molar-refractivity contribution < 1.29 is 42.1 Å². The number of carbonyl (C=O) groups is 2. The van der Waals surface area contributed by atoms with E-state index in [1.165, 1.54) is 6.92 Å². The van der Waals surface area contributed by atoms with Crippen molar-refractivity contribution in [1.82, 2.24) is 0 Å². The molecule has 0 radical (unpaired) electrons. The summed E-state index contributed by atoms with van der Waals surface area (Å²) >= 11 is 4.15. The van der Waals surface area contributed by atoms with Crippen LogP contribution in [0, 0.1) is 14.1 Å². The third-order valence-corrected chi connectivity index (χ3v) is 7.93. The second-order valence-corrected chi connectivity index (χ2v) is 11.7. The Morgan fingerprint density at radius 1 is 1.19 bits per heavy atom. The van der Waals surface area contributed by atoms with Crippen molar-refractivity contribution in [3.05, 3.63) is 42.6 Å². The van der Waals surface area contributed by atoms with Gasteiger partial charge in [0.05, 0.1) is 26.7 Å². The fourth-order valence-corrected chi connectivity index (χ4v) is 4.33. The Bertz CT molecular complexity index is 900. The van der Waals surface area contributed by atoms with Gasteiger partial charge in [0.2, 0.25) is 0 Å². The lowest BCUT2D eigenvalue weighted by Gasteiger charge is -2.29. The Balaban J connectivity index is 2.87. The van der Waals surface area contributed by atoms with E-state index in [4.69, 9.17) is 18.5 Å². The first kappa shape index (κ1) is 29.5. The summed E-state index contributed by atoms with van der Waals surface area (Å²) in [6, 6.07) is 3.60. The zero-order chi connectivity index (χ0) is 24.7. The summed E-state index contributed by atoms with van der Waals surface area (Å²) in [4.78, 5) is 36.5. The Morgan fingerprint density at radius 3 is 2.34 bits per heavy atom. The molecule has 0 N–H and O–H groups in total. The molecule has 0 aromatic heterocycles. The zero-order valence-electron chi connectivity index (χ0n) is 18.7. The van der Waals surface area contributed by atoms with Crippen LogP contribution in [0.15, 0.2) is 24.3 Å². The molecule has 1 rings (SSSR count). The highest BCUT2D eigenvalue weighted by molar-refractivity contribution is 14.1. The molecule has 0 aliphatic heterocycles. The molecule has 0 heterocycles.